The molecule has 0 aliphatic carbocycles. The Labute approximate surface area is 117 Å². The first-order valence-corrected chi connectivity index (χ1v) is 6.35. The summed E-state index contributed by atoms with van der Waals surface area (Å²) in [4.78, 5) is 12.1. The topological polar surface area (TPSA) is 103 Å². The molecule has 0 saturated heterocycles. The van der Waals surface area contributed by atoms with Gasteiger partial charge in [-0.25, -0.2) is 0 Å². The third kappa shape index (κ3) is 4.53. The zero-order valence-corrected chi connectivity index (χ0v) is 11.3. The van der Waals surface area contributed by atoms with E-state index >= 15 is 0 Å². The van der Waals surface area contributed by atoms with Crippen LogP contribution in [-0.2, 0) is 4.74 Å². The molecule has 112 valence electrons. The molecule has 0 aliphatic heterocycles. The van der Waals surface area contributed by atoms with Crippen LogP contribution in [0.3, 0.4) is 0 Å². The van der Waals surface area contributed by atoms with Gasteiger partial charge in [-0.1, -0.05) is 0 Å². The molecule has 0 saturated carbocycles. The number of rotatable bonds is 9. The lowest BCUT2D eigenvalue weighted by molar-refractivity contribution is -0.0421. The molecule has 7 nitrogen and oxygen atoms in total. The van der Waals surface area contributed by atoms with Crippen molar-refractivity contribution in [2.75, 3.05) is 31.3 Å². The fourth-order valence-electron chi connectivity index (χ4n) is 1.88. The summed E-state index contributed by atoms with van der Waals surface area (Å²) in [6.45, 7) is 1.59. The Morgan fingerprint density at radius 3 is 2.35 bits per heavy atom. The Hall–Kier alpha value is -1.54. The molecule has 0 radical (unpaired) electrons. The maximum atomic E-state index is 10.4. The number of ether oxygens (including phenoxy) is 1. The second-order valence-corrected chi connectivity index (χ2v) is 4.25. The largest absolute Gasteiger partial charge is 0.395 e. The van der Waals surface area contributed by atoms with Gasteiger partial charge in [0.05, 0.1) is 25.9 Å². The zero-order chi connectivity index (χ0) is 15.0. The average Bonchev–Trinajstić information content (AvgIpc) is 2.46. The molecule has 1 aromatic rings. The van der Waals surface area contributed by atoms with E-state index in [0.717, 1.165) is 0 Å². The molecule has 1 aromatic carbocycles. The highest BCUT2D eigenvalue weighted by atomic mass is 16.5. The molecule has 3 N–H and O–H groups in total. The van der Waals surface area contributed by atoms with Gasteiger partial charge in [0.15, 0.2) is 6.23 Å². The minimum atomic E-state index is -0.822. The molecule has 1 rings (SSSR count). The number of benzene rings is 1. The quantitative estimate of drug-likeness (QED) is 0.453. The molecule has 0 aliphatic rings. The Kier molecular flexibility index (Phi) is 7.10. The average molecular weight is 284 g/mol. The molecule has 0 spiro atoms. The molecule has 0 amide bonds. The van der Waals surface area contributed by atoms with Gasteiger partial charge in [0.25, 0.3) is 0 Å². The van der Waals surface area contributed by atoms with Crippen LogP contribution in [0, 0.1) is 4.91 Å². The summed E-state index contributed by atoms with van der Waals surface area (Å²) in [7, 11) is 0. The van der Waals surface area contributed by atoms with Gasteiger partial charge in [0, 0.05) is 12.2 Å². The minimum Gasteiger partial charge on any atom is -0.395 e. The molecule has 0 heterocycles. The van der Waals surface area contributed by atoms with Gasteiger partial charge < -0.3 is 25.0 Å². The Balaban J connectivity index is 2.95. The van der Waals surface area contributed by atoms with Crippen LogP contribution in [0.4, 0.5) is 11.4 Å². The second kappa shape index (κ2) is 8.60. The van der Waals surface area contributed by atoms with Crippen molar-refractivity contribution in [1.82, 2.24) is 0 Å². The van der Waals surface area contributed by atoms with Gasteiger partial charge in [-0.2, -0.15) is 0 Å². The van der Waals surface area contributed by atoms with Crippen LogP contribution >= 0.6 is 0 Å². The monoisotopic (exact) mass is 284 g/mol. The van der Waals surface area contributed by atoms with E-state index in [1.807, 2.05) is 0 Å². The van der Waals surface area contributed by atoms with Gasteiger partial charge in [0.1, 0.15) is 5.69 Å². The van der Waals surface area contributed by atoms with Crippen molar-refractivity contribution in [3.8, 4) is 0 Å². The van der Waals surface area contributed by atoms with Gasteiger partial charge >= 0.3 is 0 Å². The maximum Gasteiger partial charge on any atom is 0.156 e. The summed E-state index contributed by atoms with van der Waals surface area (Å²) >= 11 is 0. The summed E-state index contributed by atoms with van der Waals surface area (Å²) in [5.74, 6) is 0. The third-order valence-electron chi connectivity index (χ3n) is 2.73. The van der Waals surface area contributed by atoms with Crippen molar-refractivity contribution < 1.29 is 20.1 Å². The van der Waals surface area contributed by atoms with Gasteiger partial charge in [-0.05, 0) is 36.4 Å². The highest BCUT2D eigenvalue weighted by molar-refractivity contribution is 5.53. The number of nitrogens with zero attached hydrogens (tertiary/aromatic N) is 2. The van der Waals surface area contributed by atoms with E-state index in [9.17, 15) is 10.0 Å². The molecule has 20 heavy (non-hydrogen) atoms. The van der Waals surface area contributed by atoms with E-state index in [1.165, 1.54) is 12.1 Å². The van der Waals surface area contributed by atoms with E-state index in [4.69, 9.17) is 14.9 Å². The summed E-state index contributed by atoms with van der Waals surface area (Å²) in [5.41, 5.74) is 0.970. The second-order valence-electron chi connectivity index (χ2n) is 4.25. The van der Waals surface area contributed by atoms with Crippen molar-refractivity contribution in [2.45, 2.75) is 19.3 Å². The molecular formula is C13H20N2O5. The molecule has 2 unspecified atom stereocenters. The van der Waals surface area contributed by atoms with E-state index in [0.29, 0.717) is 11.4 Å². The van der Waals surface area contributed by atoms with Crippen LogP contribution in [0.5, 0.6) is 0 Å². The van der Waals surface area contributed by atoms with Crippen molar-refractivity contribution in [3.63, 3.8) is 0 Å². The number of aliphatic hydroxyl groups is 3. The summed E-state index contributed by atoms with van der Waals surface area (Å²) in [6.07, 6.45) is -1.53. The van der Waals surface area contributed by atoms with Crippen molar-refractivity contribution in [3.05, 3.63) is 29.2 Å². The van der Waals surface area contributed by atoms with Crippen LogP contribution < -0.4 is 4.90 Å². The molecule has 7 heteroatoms. The number of hydrogen-bond acceptors (Lipinski definition) is 7. The highest BCUT2D eigenvalue weighted by Crippen LogP contribution is 2.23. The van der Waals surface area contributed by atoms with Crippen LogP contribution in [0.2, 0.25) is 0 Å². The van der Waals surface area contributed by atoms with Gasteiger partial charge in [0.2, 0.25) is 0 Å². The predicted molar refractivity (Wildman–Crippen MR) is 74.8 cm³/mol. The molecule has 0 aromatic heterocycles. The van der Waals surface area contributed by atoms with E-state index in [1.54, 1.807) is 24.0 Å². The minimum absolute atomic E-state index is 0.0749. The predicted octanol–water partition coefficient (Wildman–Crippen LogP) is 0.599. The molecular weight excluding hydrogens is 264 g/mol. The summed E-state index contributed by atoms with van der Waals surface area (Å²) in [6, 6.07) is 6.39. The third-order valence-corrected chi connectivity index (χ3v) is 2.73. The van der Waals surface area contributed by atoms with Crippen LogP contribution in [0.1, 0.15) is 6.92 Å². The van der Waals surface area contributed by atoms with Crippen LogP contribution in [-0.4, -0.2) is 54.0 Å². The van der Waals surface area contributed by atoms with Crippen LogP contribution in [0.15, 0.2) is 29.4 Å². The first-order chi connectivity index (χ1) is 9.63. The maximum absolute atomic E-state index is 10.4. The fourth-order valence-corrected chi connectivity index (χ4v) is 1.88. The number of anilines is 1. The van der Waals surface area contributed by atoms with Crippen LogP contribution in [0.25, 0.3) is 0 Å². The van der Waals surface area contributed by atoms with Gasteiger partial charge in [-0.3, -0.25) is 0 Å². The summed E-state index contributed by atoms with van der Waals surface area (Å²) < 4.78 is 5.41. The van der Waals surface area contributed by atoms with E-state index < -0.39 is 12.3 Å². The molecule has 0 fully saturated rings. The lowest BCUT2D eigenvalue weighted by atomic mass is 10.2. The number of aliphatic hydroxyl groups excluding tert-OH is 3. The number of hydrogen-bond donors (Lipinski definition) is 3. The Morgan fingerprint density at radius 1 is 1.25 bits per heavy atom. The molecule has 2 atom stereocenters. The lowest BCUT2D eigenvalue weighted by Crippen LogP contribution is -2.46. The van der Waals surface area contributed by atoms with Crippen molar-refractivity contribution in [2.24, 2.45) is 5.18 Å². The Bertz CT molecular complexity index is 396. The first kappa shape index (κ1) is 16.5. The van der Waals surface area contributed by atoms with Crippen molar-refractivity contribution >= 4 is 11.4 Å². The van der Waals surface area contributed by atoms with Gasteiger partial charge in [-0.15, -0.1) is 4.91 Å². The summed E-state index contributed by atoms with van der Waals surface area (Å²) in [5, 5.41) is 30.6. The standard InChI is InChI=1S/C13H20N2O5/c1-10(18)13(20-9-8-17)15(6-7-16)12-4-2-11(14-19)3-5-12/h2-5,10,13,16-18H,6-9H2,1H3. The first-order valence-electron chi connectivity index (χ1n) is 6.35. The van der Waals surface area contributed by atoms with Crippen molar-refractivity contribution in [1.29, 1.82) is 0 Å². The molecule has 0 bridgehead atoms. The number of nitroso groups, excluding NO2 is 1. The lowest BCUT2D eigenvalue weighted by Gasteiger charge is -2.34. The fraction of sp³-hybridized carbons (Fsp3) is 0.538. The zero-order valence-electron chi connectivity index (χ0n) is 11.3. The normalized spacial score (nSPS) is 13.8. The smallest absolute Gasteiger partial charge is 0.156 e. The highest BCUT2D eigenvalue weighted by Gasteiger charge is 2.24. The van der Waals surface area contributed by atoms with E-state index in [-0.39, 0.29) is 26.4 Å². The SMILES string of the molecule is CC(O)C(OCCO)N(CCO)c1ccc(N=O)cc1. The van der Waals surface area contributed by atoms with E-state index in [2.05, 4.69) is 5.18 Å². The Morgan fingerprint density at radius 2 is 1.90 bits per heavy atom.